The van der Waals surface area contributed by atoms with Crippen LogP contribution in [0.4, 0.5) is 23.2 Å². The lowest BCUT2D eigenvalue weighted by atomic mass is 9.94. The number of hydrogen-bond donors (Lipinski definition) is 1. The first kappa shape index (κ1) is 18.8. The van der Waals surface area contributed by atoms with E-state index in [1.165, 1.54) is 18.2 Å². The molecule has 1 N–H and O–H groups in total. The van der Waals surface area contributed by atoms with Crippen LogP contribution >= 0.6 is 11.6 Å². The quantitative estimate of drug-likeness (QED) is 0.430. The first-order chi connectivity index (χ1) is 13.2. The molecule has 0 saturated carbocycles. The maximum absolute atomic E-state index is 13.6. The highest BCUT2D eigenvalue weighted by atomic mass is 35.5. The number of aromatic nitrogens is 1. The molecule has 0 saturated heterocycles. The zero-order chi connectivity index (χ0) is 20.1. The number of alkyl halides is 3. The van der Waals surface area contributed by atoms with E-state index in [9.17, 15) is 17.6 Å². The number of aryl methyl sites for hydroxylation is 1. The highest BCUT2D eigenvalue weighted by Gasteiger charge is 2.30. The number of pyridine rings is 1. The summed E-state index contributed by atoms with van der Waals surface area (Å²) in [4.78, 5) is 4.34. The van der Waals surface area contributed by atoms with Gasteiger partial charge in [0.05, 0.1) is 5.69 Å². The van der Waals surface area contributed by atoms with E-state index in [0.717, 1.165) is 22.4 Å². The molecule has 0 atom stereocenters. The summed E-state index contributed by atoms with van der Waals surface area (Å²) in [6, 6.07) is 7.51. The number of rotatable bonds is 3. The van der Waals surface area contributed by atoms with Crippen LogP contribution in [0.2, 0.25) is 5.15 Å². The van der Waals surface area contributed by atoms with Gasteiger partial charge in [-0.05, 0) is 54.3 Å². The van der Waals surface area contributed by atoms with Gasteiger partial charge in [-0.15, -0.1) is 0 Å². The summed E-state index contributed by atoms with van der Waals surface area (Å²) in [5.74, 6) is -0.366. The van der Waals surface area contributed by atoms with E-state index >= 15 is 0 Å². The highest BCUT2D eigenvalue weighted by molar-refractivity contribution is 6.32. The van der Waals surface area contributed by atoms with Gasteiger partial charge in [0.2, 0.25) is 0 Å². The minimum Gasteiger partial charge on any atom is -0.482 e. The van der Waals surface area contributed by atoms with Crippen molar-refractivity contribution in [2.24, 2.45) is 0 Å². The Kier molecular flexibility index (Phi) is 4.57. The van der Waals surface area contributed by atoms with Crippen LogP contribution in [0.3, 0.4) is 0 Å². The molecule has 2 heterocycles. The van der Waals surface area contributed by atoms with E-state index in [0.29, 0.717) is 23.9 Å². The van der Waals surface area contributed by atoms with Gasteiger partial charge in [-0.25, -0.2) is 9.37 Å². The number of anilines is 1. The number of nitrogens with one attached hydrogen (secondary N) is 1. The summed E-state index contributed by atoms with van der Waals surface area (Å²) in [7, 11) is 0. The molecule has 1 aliphatic heterocycles. The molecule has 0 radical (unpaired) electrons. The fraction of sp³-hybridized carbons (Fsp3) is 0.250. The minimum atomic E-state index is -4.47. The Balaban J connectivity index is 1.98. The third-order valence-electron chi connectivity index (χ3n) is 4.70. The van der Waals surface area contributed by atoms with Gasteiger partial charge in [0.15, 0.2) is 6.61 Å². The Morgan fingerprint density at radius 3 is 2.64 bits per heavy atom. The van der Waals surface area contributed by atoms with Gasteiger partial charge in [0, 0.05) is 17.5 Å². The lowest BCUT2D eigenvalue weighted by molar-refractivity contribution is -0.153. The summed E-state index contributed by atoms with van der Waals surface area (Å²) in [6.45, 7) is 0.988. The van der Waals surface area contributed by atoms with E-state index in [4.69, 9.17) is 16.3 Å². The van der Waals surface area contributed by atoms with Crippen LogP contribution in [0.5, 0.6) is 5.75 Å². The standard InChI is InChI=1S/C20H15ClF4N2O/c1-10-8-11(22)2-3-12(10)13-4-5-15(28-9-20(23,24)25)18-16(13)17-14(6-7-26-17)19(21)27-18/h2-5,8,26H,6-7,9H2,1H3. The predicted octanol–water partition coefficient (Wildman–Crippen LogP) is 5.91. The van der Waals surface area contributed by atoms with Gasteiger partial charge < -0.3 is 10.1 Å². The Morgan fingerprint density at radius 1 is 1.18 bits per heavy atom. The molecule has 4 rings (SSSR count). The molecule has 3 nitrogen and oxygen atoms in total. The third kappa shape index (κ3) is 3.35. The van der Waals surface area contributed by atoms with Gasteiger partial charge in [0.1, 0.15) is 22.2 Å². The summed E-state index contributed by atoms with van der Waals surface area (Å²) < 4.78 is 56.5. The van der Waals surface area contributed by atoms with Crippen molar-refractivity contribution in [3.63, 3.8) is 0 Å². The molecule has 1 aliphatic rings. The zero-order valence-electron chi connectivity index (χ0n) is 14.8. The molecule has 3 aromatic rings. The van der Waals surface area contributed by atoms with Gasteiger partial charge in [-0.3, -0.25) is 0 Å². The number of ether oxygens (including phenoxy) is 1. The van der Waals surface area contributed by atoms with Crippen molar-refractivity contribution in [2.75, 3.05) is 18.5 Å². The number of fused-ring (bicyclic) bond motifs is 3. The van der Waals surface area contributed by atoms with Crippen LogP contribution in [0.15, 0.2) is 30.3 Å². The SMILES string of the molecule is Cc1cc(F)ccc1-c1ccc(OCC(F)(F)F)c2nc(Cl)c3c(c12)NCC3. The predicted molar refractivity (Wildman–Crippen MR) is 101 cm³/mol. The second-order valence-electron chi connectivity index (χ2n) is 6.63. The van der Waals surface area contributed by atoms with Crippen molar-refractivity contribution in [3.8, 4) is 16.9 Å². The van der Waals surface area contributed by atoms with Gasteiger partial charge in [-0.1, -0.05) is 17.7 Å². The van der Waals surface area contributed by atoms with Crippen molar-refractivity contribution in [2.45, 2.75) is 19.5 Å². The molecule has 1 aromatic heterocycles. The molecular weight excluding hydrogens is 396 g/mol. The number of halogens is 5. The summed E-state index contributed by atoms with van der Waals surface area (Å²) in [6.07, 6.45) is -3.82. The normalized spacial score (nSPS) is 13.5. The smallest absolute Gasteiger partial charge is 0.422 e. The molecule has 28 heavy (non-hydrogen) atoms. The molecule has 0 spiro atoms. The molecule has 146 valence electrons. The van der Waals surface area contributed by atoms with Crippen molar-refractivity contribution in [1.29, 1.82) is 0 Å². The summed E-state index contributed by atoms with van der Waals surface area (Å²) in [5.41, 5.74) is 3.96. The van der Waals surface area contributed by atoms with E-state index in [2.05, 4.69) is 10.3 Å². The molecule has 0 unspecified atom stereocenters. The highest BCUT2D eigenvalue weighted by Crippen LogP contribution is 2.44. The van der Waals surface area contributed by atoms with Crippen molar-refractivity contribution in [1.82, 2.24) is 4.98 Å². The van der Waals surface area contributed by atoms with Gasteiger partial charge in [-0.2, -0.15) is 13.2 Å². The Morgan fingerprint density at radius 2 is 1.93 bits per heavy atom. The van der Waals surface area contributed by atoms with Crippen LogP contribution < -0.4 is 10.1 Å². The number of hydrogen-bond acceptors (Lipinski definition) is 3. The van der Waals surface area contributed by atoms with Crippen LogP contribution in [0.1, 0.15) is 11.1 Å². The molecule has 0 amide bonds. The fourth-order valence-electron chi connectivity index (χ4n) is 3.52. The molecule has 0 aliphatic carbocycles. The van der Waals surface area contributed by atoms with E-state index in [1.54, 1.807) is 19.1 Å². The first-order valence-electron chi connectivity index (χ1n) is 8.59. The first-order valence-corrected chi connectivity index (χ1v) is 8.97. The lowest BCUT2D eigenvalue weighted by Crippen LogP contribution is -2.19. The lowest BCUT2D eigenvalue weighted by Gasteiger charge is -2.17. The molecule has 8 heteroatoms. The van der Waals surface area contributed by atoms with Crippen molar-refractivity contribution < 1.29 is 22.3 Å². The molecular formula is C20H15ClF4N2O. The largest absolute Gasteiger partial charge is 0.482 e. The Labute approximate surface area is 163 Å². The average Bonchev–Trinajstić information content (AvgIpc) is 3.10. The van der Waals surface area contributed by atoms with Gasteiger partial charge >= 0.3 is 6.18 Å². The molecule has 0 bridgehead atoms. The second kappa shape index (κ2) is 6.81. The van der Waals surface area contributed by atoms with Gasteiger partial charge in [0.25, 0.3) is 0 Å². The Hall–Kier alpha value is -2.54. The van der Waals surface area contributed by atoms with Crippen LogP contribution in [-0.4, -0.2) is 24.3 Å². The zero-order valence-corrected chi connectivity index (χ0v) is 15.5. The van der Waals surface area contributed by atoms with Crippen molar-refractivity contribution in [3.05, 3.63) is 52.4 Å². The second-order valence-corrected chi connectivity index (χ2v) is 6.99. The maximum Gasteiger partial charge on any atom is 0.422 e. The monoisotopic (exact) mass is 410 g/mol. The van der Waals surface area contributed by atoms with E-state index < -0.39 is 12.8 Å². The topological polar surface area (TPSA) is 34.1 Å². The van der Waals surface area contributed by atoms with E-state index in [1.807, 2.05) is 0 Å². The average molecular weight is 411 g/mol. The molecule has 0 fully saturated rings. The fourth-order valence-corrected chi connectivity index (χ4v) is 3.79. The third-order valence-corrected chi connectivity index (χ3v) is 5.01. The van der Waals surface area contributed by atoms with Crippen LogP contribution in [0.25, 0.3) is 22.0 Å². The summed E-state index contributed by atoms with van der Waals surface area (Å²) >= 11 is 6.28. The minimum absolute atomic E-state index is 0.00533. The Bertz CT molecular complexity index is 1080. The van der Waals surface area contributed by atoms with E-state index in [-0.39, 0.29) is 22.2 Å². The maximum atomic E-state index is 13.6. The van der Waals surface area contributed by atoms with Crippen LogP contribution in [-0.2, 0) is 6.42 Å². The number of nitrogens with zero attached hydrogens (tertiary/aromatic N) is 1. The number of benzene rings is 2. The summed E-state index contributed by atoms with van der Waals surface area (Å²) in [5, 5.41) is 4.10. The van der Waals surface area contributed by atoms with Crippen molar-refractivity contribution >= 4 is 28.2 Å². The van der Waals surface area contributed by atoms with Crippen LogP contribution in [0, 0.1) is 12.7 Å². The molecule has 2 aromatic carbocycles.